The zero-order chi connectivity index (χ0) is 20.5. The van der Waals surface area contributed by atoms with Crippen molar-refractivity contribution in [3.63, 3.8) is 0 Å². The average Bonchev–Trinajstić information content (AvgIpc) is 3.34. The highest BCUT2D eigenvalue weighted by Gasteiger charge is 2.10. The molecule has 1 fully saturated rings. The van der Waals surface area contributed by atoms with Crippen molar-refractivity contribution in [1.29, 1.82) is 0 Å². The number of halogens is 1. The third-order valence-electron chi connectivity index (χ3n) is 5.10. The van der Waals surface area contributed by atoms with Gasteiger partial charge in [-0.3, -0.25) is 4.90 Å². The number of morpholine rings is 1. The monoisotopic (exact) mass is 547 g/mol. The van der Waals surface area contributed by atoms with Crippen molar-refractivity contribution < 1.29 is 4.74 Å². The summed E-state index contributed by atoms with van der Waals surface area (Å²) in [5.41, 5.74) is 0. The molecule has 30 heavy (non-hydrogen) atoms. The summed E-state index contributed by atoms with van der Waals surface area (Å²) < 4.78 is 7.39. The number of guanidine groups is 1. The summed E-state index contributed by atoms with van der Waals surface area (Å²) in [5, 5.41) is 15.3. The van der Waals surface area contributed by atoms with E-state index in [4.69, 9.17) is 9.73 Å². The van der Waals surface area contributed by atoms with Crippen LogP contribution in [0.4, 0.5) is 0 Å². The summed E-state index contributed by atoms with van der Waals surface area (Å²) in [6.45, 7) is 11.1. The minimum Gasteiger partial charge on any atom is -0.379 e. The van der Waals surface area contributed by atoms with Crippen molar-refractivity contribution >= 4 is 41.3 Å². The van der Waals surface area contributed by atoms with Crippen LogP contribution in [0, 0.1) is 6.92 Å². The maximum absolute atomic E-state index is 5.41. The number of ether oxygens (including phenoxy) is 1. The van der Waals surface area contributed by atoms with Crippen LogP contribution in [0.3, 0.4) is 0 Å². The molecule has 2 aromatic rings. The zero-order valence-electron chi connectivity index (χ0n) is 18.2. The molecule has 1 saturated heterocycles. The molecule has 0 atom stereocenters. The van der Waals surface area contributed by atoms with E-state index in [2.05, 4.69) is 44.8 Å². The maximum atomic E-state index is 5.41. The Hall–Kier alpha value is -1.24. The van der Waals surface area contributed by atoms with Crippen LogP contribution in [-0.2, 0) is 31.3 Å². The molecule has 3 rings (SSSR count). The van der Waals surface area contributed by atoms with Crippen LogP contribution in [0.5, 0.6) is 0 Å². The number of nitrogens with one attached hydrogen (secondary N) is 2. The van der Waals surface area contributed by atoms with E-state index in [1.165, 1.54) is 9.75 Å². The zero-order valence-corrected chi connectivity index (χ0v) is 21.3. The quantitative estimate of drug-likeness (QED) is 0.217. The van der Waals surface area contributed by atoms with E-state index >= 15 is 0 Å². The molecule has 0 amide bonds. The van der Waals surface area contributed by atoms with Crippen molar-refractivity contribution in [1.82, 2.24) is 30.3 Å². The van der Waals surface area contributed by atoms with Gasteiger partial charge in [-0.1, -0.05) is 6.92 Å². The second-order valence-electron chi connectivity index (χ2n) is 7.20. The number of aryl methyl sites for hydroxylation is 2. The number of nitrogens with zero attached hydrogens (tertiary/aromatic N) is 5. The predicted molar refractivity (Wildman–Crippen MR) is 133 cm³/mol. The van der Waals surface area contributed by atoms with Crippen molar-refractivity contribution in [2.75, 3.05) is 39.4 Å². The van der Waals surface area contributed by atoms with Gasteiger partial charge in [0.1, 0.15) is 12.4 Å². The molecule has 10 heteroatoms. The molecule has 0 aromatic carbocycles. The molecule has 8 nitrogen and oxygen atoms in total. The van der Waals surface area contributed by atoms with Crippen LogP contribution < -0.4 is 10.6 Å². The summed E-state index contributed by atoms with van der Waals surface area (Å²) in [6, 6.07) is 4.40. The van der Waals surface area contributed by atoms with Crippen molar-refractivity contribution in [2.45, 2.75) is 39.8 Å². The highest BCUT2D eigenvalue weighted by atomic mass is 127. The van der Waals surface area contributed by atoms with E-state index < -0.39 is 0 Å². The smallest absolute Gasteiger partial charge is 0.192 e. The van der Waals surface area contributed by atoms with E-state index in [-0.39, 0.29) is 24.0 Å². The standard InChI is InChI=1S/C20H33N7OS.HI/c1-4-17-6-7-18(29-17)14-22-20(23-15-19-25-24-16(2)26(19)3)21-8-5-9-27-10-12-28-13-11-27;/h6-7H,4-5,8-15H2,1-3H3,(H2,21,22,23);1H. The highest BCUT2D eigenvalue weighted by Crippen LogP contribution is 2.16. The van der Waals surface area contributed by atoms with Crippen LogP contribution >= 0.6 is 35.3 Å². The number of aliphatic imine (C=N–C) groups is 1. The van der Waals surface area contributed by atoms with Gasteiger partial charge in [0.25, 0.3) is 0 Å². The van der Waals surface area contributed by atoms with Crippen LogP contribution in [0.25, 0.3) is 0 Å². The van der Waals surface area contributed by atoms with Gasteiger partial charge in [-0.15, -0.1) is 45.5 Å². The molecule has 0 spiro atoms. The van der Waals surface area contributed by atoms with Gasteiger partial charge in [0.15, 0.2) is 11.8 Å². The Labute approximate surface area is 200 Å². The summed E-state index contributed by atoms with van der Waals surface area (Å²) in [5.74, 6) is 2.58. The van der Waals surface area contributed by atoms with Crippen LogP contribution in [0.2, 0.25) is 0 Å². The van der Waals surface area contributed by atoms with Crippen molar-refractivity contribution in [3.8, 4) is 0 Å². The molecule has 3 heterocycles. The van der Waals surface area contributed by atoms with E-state index in [0.717, 1.165) is 76.4 Å². The van der Waals surface area contributed by atoms with Gasteiger partial charge >= 0.3 is 0 Å². The SMILES string of the molecule is CCc1ccc(CNC(=NCc2nnc(C)n2C)NCCCN2CCOCC2)s1.I. The Morgan fingerprint density at radius 3 is 2.63 bits per heavy atom. The largest absolute Gasteiger partial charge is 0.379 e. The first-order chi connectivity index (χ1) is 14.2. The molecule has 0 aliphatic carbocycles. The van der Waals surface area contributed by atoms with E-state index in [1.54, 1.807) is 0 Å². The predicted octanol–water partition coefficient (Wildman–Crippen LogP) is 2.32. The molecule has 0 saturated carbocycles. The summed E-state index contributed by atoms with van der Waals surface area (Å²) in [4.78, 5) is 9.92. The average molecular weight is 548 g/mol. The van der Waals surface area contributed by atoms with Crippen molar-refractivity contribution in [2.24, 2.45) is 12.0 Å². The van der Waals surface area contributed by atoms with Crippen LogP contribution in [-0.4, -0.2) is 65.0 Å². The molecular weight excluding hydrogens is 513 g/mol. The minimum absolute atomic E-state index is 0. The molecule has 1 aliphatic rings. The van der Waals surface area contributed by atoms with Gasteiger partial charge in [0.2, 0.25) is 0 Å². The van der Waals surface area contributed by atoms with Gasteiger partial charge in [0, 0.05) is 36.4 Å². The minimum atomic E-state index is 0. The summed E-state index contributed by atoms with van der Waals surface area (Å²) in [7, 11) is 1.97. The molecule has 0 radical (unpaired) electrons. The van der Waals surface area contributed by atoms with Crippen molar-refractivity contribution in [3.05, 3.63) is 33.5 Å². The van der Waals surface area contributed by atoms with Crippen LogP contribution in [0.15, 0.2) is 17.1 Å². The summed E-state index contributed by atoms with van der Waals surface area (Å²) >= 11 is 1.85. The third kappa shape index (κ3) is 7.78. The van der Waals surface area contributed by atoms with Gasteiger partial charge in [0.05, 0.1) is 19.8 Å². The van der Waals surface area contributed by atoms with E-state index in [0.29, 0.717) is 6.54 Å². The Morgan fingerprint density at radius 2 is 1.97 bits per heavy atom. The topological polar surface area (TPSA) is 79.6 Å². The van der Waals surface area contributed by atoms with E-state index in [1.807, 2.05) is 29.9 Å². The Bertz CT molecular complexity index is 786. The third-order valence-corrected chi connectivity index (χ3v) is 6.33. The first-order valence-electron chi connectivity index (χ1n) is 10.4. The molecule has 0 bridgehead atoms. The second-order valence-corrected chi connectivity index (χ2v) is 8.45. The Morgan fingerprint density at radius 1 is 1.20 bits per heavy atom. The van der Waals surface area contributed by atoms with E-state index in [9.17, 15) is 0 Å². The fourth-order valence-corrected chi connectivity index (χ4v) is 4.02. The molecule has 2 aromatic heterocycles. The molecule has 2 N–H and O–H groups in total. The Kier molecular flexibility index (Phi) is 11.0. The summed E-state index contributed by atoms with van der Waals surface area (Å²) in [6.07, 6.45) is 2.15. The lowest BCUT2D eigenvalue weighted by atomic mass is 10.3. The lowest BCUT2D eigenvalue weighted by Gasteiger charge is -2.26. The van der Waals surface area contributed by atoms with Gasteiger partial charge in [-0.05, 0) is 38.4 Å². The van der Waals surface area contributed by atoms with Gasteiger partial charge in [-0.25, -0.2) is 4.99 Å². The van der Waals surface area contributed by atoms with Gasteiger partial charge in [-0.2, -0.15) is 0 Å². The highest BCUT2D eigenvalue weighted by molar-refractivity contribution is 14.0. The first kappa shape index (κ1) is 25.0. The molecule has 168 valence electrons. The van der Waals surface area contributed by atoms with Gasteiger partial charge < -0.3 is 19.9 Å². The number of hydrogen-bond donors (Lipinski definition) is 2. The maximum Gasteiger partial charge on any atom is 0.192 e. The molecular formula is C20H34IN7OS. The first-order valence-corrected chi connectivity index (χ1v) is 11.2. The number of aromatic nitrogens is 3. The second kappa shape index (κ2) is 13.2. The number of thiophene rings is 1. The number of hydrogen-bond acceptors (Lipinski definition) is 6. The molecule has 0 unspecified atom stereocenters. The Balaban J connectivity index is 0.00000320. The number of rotatable bonds is 9. The lowest BCUT2D eigenvalue weighted by Crippen LogP contribution is -2.40. The molecule has 1 aliphatic heterocycles. The van der Waals surface area contributed by atoms with Crippen LogP contribution in [0.1, 0.15) is 34.7 Å². The normalized spacial score (nSPS) is 15.1. The lowest BCUT2D eigenvalue weighted by molar-refractivity contribution is 0.0376. The fraction of sp³-hybridized carbons (Fsp3) is 0.650. The fourth-order valence-electron chi connectivity index (χ4n) is 3.13.